The van der Waals surface area contributed by atoms with Crippen molar-refractivity contribution in [3.63, 3.8) is 0 Å². The van der Waals surface area contributed by atoms with Crippen LogP contribution >= 0.6 is 0 Å². The Bertz CT molecular complexity index is 352. The summed E-state index contributed by atoms with van der Waals surface area (Å²) in [6.45, 7) is 4.41. The summed E-state index contributed by atoms with van der Waals surface area (Å²) in [7, 11) is 1.69. The molecule has 0 radical (unpaired) electrons. The zero-order valence-electron chi connectivity index (χ0n) is 9.86. The number of benzene rings is 1. The number of anilines is 1. The molecule has 0 saturated carbocycles. The highest BCUT2D eigenvalue weighted by atomic mass is 16.5. The normalized spacial score (nSPS) is 10.1. The van der Waals surface area contributed by atoms with Gasteiger partial charge < -0.3 is 15.4 Å². The van der Waals surface area contributed by atoms with Gasteiger partial charge in [0.2, 0.25) is 0 Å². The average Bonchev–Trinajstić information content (AvgIpc) is 2.30. The molecule has 0 saturated heterocycles. The first-order valence-corrected chi connectivity index (χ1v) is 5.38. The number of methoxy groups -OCH3 is 1. The molecule has 0 fully saturated rings. The number of ether oxygens (including phenoxy) is 1. The SMILES string of the molecule is CCN(CCOC)c1ccccc1C(=N)N. The van der Waals surface area contributed by atoms with Gasteiger partial charge in [0.15, 0.2) is 0 Å². The fourth-order valence-corrected chi connectivity index (χ4v) is 1.63. The van der Waals surface area contributed by atoms with Gasteiger partial charge in [-0.15, -0.1) is 0 Å². The molecular formula is C12H19N3O. The summed E-state index contributed by atoms with van der Waals surface area (Å²) >= 11 is 0. The van der Waals surface area contributed by atoms with E-state index in [1.807, 2.05) is 24.3 Å². The van der Waals surface area contributed by atoms with Gasteiger partial charge in [0, 0.05) is 31.5 Å². The Balaban J connectivity index is 2.94. The summed E-state index contributed by atoms with van der Waals surface area (Å²) < 4.78 is 5.07. The molecule has 1 aromatic carbocycles. The Morgan fingerprint density at radius 3 is 2.69 bits per heavy atom. The second kappa shape index (κ2) is 6.12. The van der Waals surface area contributed by atoms with Crippen LogP contribution in [0.3, 0.4) is 0 Å². The van der Waals surface area contributed by atoms with Crippen LogP contribution in [0.5, 0.6) is 0 Å². The van der Waals surface area contributed by atoms with Crippen molar-refractivity contribution < 1.29 is 4.74 Å². The van der Waals surface area contributed by atoms with Gasteiger partial charge in [-0.05, 0) is 19.1 Å². The predicted octanol–water partition coefficient (Wildman–Crippen LogP) is 1.44. The van der Waals surface area contributed by atoms with Crippen molar-refractivity contribution in [2.45, 2.75) is 6.92 Å². The van der Waals surface area contributed by atoms with Crippen LogP contribution in [-0.4, -0.2) is 32.6 Å². The highest BCUT2D eigenvalue weighted by Crippen LogP contribution is 2.19. The minimum Gasteiger partial charge on any atom is -0.384 e. The standard InChI is InChI=1S/C12H19N3O/c1-3-15(8-9-16-2)11-7-5-4-6-10(11)12(13)14/h4-7H,3,8-9H2,1-2H3,(H3,13,14). The quantitative estimate of drug-likeness (QED) is 0.564. The summed E-state index contributed by atoms with van der Waals surface area (Å²) in [6, 6.07) is 7.70. The second-order valence-corrected chi connectivity index (χ2v) is 3.50. The van der Waals surface area contributed by atoms with Crippen molar-refractivity contribution in [2.24, 2.45) is 5.73 Å². The maximum Gasteiger partial charge on any atom is 0.124 e. The average molecular weight is 221 g/mol. The molecule has 4 nitrogen and oxygen atoms in total. The van der Waals surface area contributed by atoms with Crippen LogP contribution < -0.4 is 10.6 Å². The Kier molecular flexibility index (Phi) is 4.79. The summed E-state index contributed by atoms with van der Waals surface area (Å²) in [4.78, 5) is 2.15. The summed E-state index contributed by atoms with van der Waals surface area (Å²) in [5.41, 5.74) is 7.33. The molecule has 0 bridgehead atoms. The first-order chi connectivity index (χ1) is 7.70. The van der Waals surface area contributed by atoms with Crippen LogP contribution in [0.1, 0.15) is 12.5 Å². The number of nitrogen functional groups attached to an aromatic ring is 1. The summed E-state index contributed by atoms with van der Waals surface area (Å²) in [5, 5.41) is 7.54. The Labute approximate surface area is 96.5 Å². The van der Waals surface area contributed by atoms with Crippen LogP contribution in [0.15, 0.2) is 24.3 Å². The molecule has 0 aliphatic carbocycles. The van der Waals surface area contributed by atoms with Gasteiger partial charge in [-0.1, -0.05) is 12.1 Å². The van der Waals surface area contributed by atoms with Gasteiger partial charge in [0.25, 0.3) is 0 Å². The summed E-state index contributed by atoms with van der Waals surface area (Å²) in [6.07, 6.45) is 0. The van der Waals surface area contributed by atoms with Crippen LogP contribution in [0.4, 0.5) is 5.69 Å². The lowest BCUT2D eigenvalue weighted by molar-refractivity contribution is 0.205. The van der Waals surface area contributed by atoms with E-state index in [4.69, 9.17) is 15.9 Å². The molecule has 0 aliphatic rings. The molecule has 0 atom stereocenters. The van der Waals surface area contributed by atoms with E-state index in [2.05, 4.69) is 11.8 Å². The lowest BCUT2D eigenvalue weighted by Gasteiger charge is -2.25. The number of rotatable bonds is 6. The van der Waals surface area contributed by atoms with E-state index in [0.29, 0.717) is 6.61 Å². The Morgan fingerprint density at radius 1 is 1.44 bits per heavy atom. The minimum absolute atomic E-state index is 0.103. The lowest BCUT2D eigenvalue weighted by Crippen LogP contribution is -2.29. The van der Waals surface area contributed by atoms with E-state index in [0.717, 1.165) is 24.3 Å². The van der Waals surface area contributed by atoms with Gasteiger partial charge in [-0.3, -0.25) is 5.41 Å². The van der Waals surface area contributed by atoms with E-state index in [-0.39, 0.29) is 5.84 Å². The zero-order valence-corrected chi connectivity index (χ0v) is 9.86. The van der Waals surface area contributed by atoms with E-state index < -0.39 is 0 Å². The van der Waals surface area contributed by atoms with Crippen LogP contribution in [0.25, 0.3) is 0 Å². The molecule has 3 N–H and O–H groups in total. The molecule has 0 unspecified atom stereocenters. The number of nitrogens with zero attached hydrogens (tertiary/aromatic N) is 1. The third-order valence-electron chi connectivity index (χ3n) is 2.48. The number of amidine groups is 1. The van der Waals surface area contributed by atoms with Crippen LogP contribution in [0, 0.1) is 5.41 Å². The Hall–Kier alpha value is -1.55. The molecular weight excluding hydrogens is 202 g/mol. The number of para-hydroxylation sites is 1. The van der Waals surface area contributed by atoms with Crippen LogP contribution in [-0.2, 0) is 4.74 Å². The number of hydrogen-bond acceptors (Lipinski definition) is 3. The molecule has 0 spiro atoms. The summed E-state index contributed by atoms with van der Waals surface area (Å²) in [5.74, 6) is 0.103. The lowest BCUT2D eigenvalue weighted by atomic mass is 10.1. The maximum atomic E-state index is 7.54. The highest BCUT2D eigenvalue weighted by Gasteiger charge is 2.10. The first kappa shape index (κ1) is 12.5. The van der Waals surface area contributed by atoms with Crippen molar-refractivity contribution >= 4 is 11.5 Å². The van der Waals surface area contributed by atoms with Crippen molar-refractivity contribution in [1.82, 2.24) is 0 Å². The van der Waals surface area contributed by atoms with Crippen molar-refractivity contribution in [3.05, 3.63) is 29.8 Å². The maximum absolute atomic E-state index is 7.54. The fourth-order valence-electron chi connectivity index (χ4n) is 1.63. The zero-order chi connectivity index (χ0) is 12.0. The third kappa shape index (κ3) is 2.97. The second-order valence-electron chi connectivity index (χ2n) is 3.50. The number of nitrogens with two attached hydrogens (primary N) is 1. The van der Waals surface area contributed by atoms with E-state index in [1.54, 1.807) is 7.11 Å². The number of hydrogen-bond donors (Lipinski definition) is 2. The van der Waals surface area contributed by atoms with Crippen molar-refractivity contribution in [3.8, 4) is 0 Å². The van der Waals surface area contributed by atoms with Crippen molar-refractivity contribution in [2.75, 3.05) is 31.7 Å². The smallest absolute Gasteiger partial charge is 0.124 e. The molecule has 0 aromatic heterocycles. The predicted molar refractivity (Wildman–Crippen MR) is 67.2 cm³/mol. The topological polar surface area (TPSA) is 62.3 Å². The first-order valence-electron chi connectivity index (χ1n) is 5.38. The van der Waals surface area contributed by atoms with Gasteiger partial charge in [-0.2, -0.15) is 0 Å². The molecule has 0 amide bonds. The Morgan fingerprint density at radius 2 is 2.12 bits per heavy atom. The highest BCUT2D eigenvalue weighted by molar-refractivity contribution is 6.00. The van der Waals surface area contributed by atoms with E-state index >= 15 is 0 Å². The van der Waals surface area contributed by atoms with Gasteiger partial charge in [-0.25, -0.2) is 0 Å². The molecule has 0 heterocycles. The van der Waals surface area contributed by atoms with Gasteiger partial charge >= 0.3 is 0 Å². The van der Waals surface area contributed by atoms with Gasteiger partial charge in [0.05, 0.1) is 6.61 Å². The number of likely N-dealkylation sites (N-methyl/N-ethyl adjacent to an activating group) is 1. The van der Waals surface area contributed by atoms with Crippen molar-refractivity contribution in [1.29, 1.82) is 5.41 Å². The third-order valence-corrected chi connectivity index (χ3v) is 2.48. The fraction of sp³-hybridized carbons (Fsp3) is 0.417. The molecule has 1 aromatic rings. The van der Waals surface area contributed by atoms with Gasteiger partial charge in [0.1, 0.15) is 5.84 Å². The van der Waals surface area contributed by atoms with Crippen LogP contribution in [0.2, 0.25) is 0 Å². The van der Waals surface area contributed by atoms with E-state index in [9.17, 15) is 0 Å². The minimum atomic E-state index is 0.103. The molecule has 16 heavy (non-hydrogen) atoms. The molecule has 4 heteroatoms. The monoisotopic (exact) mass is 221 g/mol. The number of nitrogens with one attached hydrogen (secondary N) is 1. The molecule has 88 valence electrons. The molecule has 0 aliphatic heterocycles. The largest absolute Gasteiger partial charge is 0.384 e. The molecule has 1 rings (SSSR count). The van der Waals surface area contributed by atoms with E-state index in [1.165, 1.54) is 0 Å².